The Labute approximate surface area is 142 Å². The summed E-state index contributed by atoms with van der Waals surface area (Å²) in [6.45, 7) is 2.79. The molecule has 12 heteroatoms. The van der Waals surface area contributed by atoms with Crippen molar-refractivity contribution in [1.29, 1.82) is 0 Å². The van der Waals surface area contributed by atoms with E-state index in [1.54, 1.807) is 0 Å². The normalized spacial score (nSPS) is 28.6. The van der Waals surface area contributed by atoms with Crippen molar-refractivity contribution in [2.75, 3.05) is 6.61 Å². The van der Waals surface area contributed by atoms with Crippen molar-refractivity contribution in [1.82, 2.24) is 0 Å². The molecular weight excluding hydrogens is 346 g/mol. The van der Waals surface area contributed by atoms with E-state index in [-0.39, 0.29) is 0 Å². The van der Waals surface area contributed by atoms with E-state index < -0.39 is 61.3 Å². The molecule has 25 heavy (non-hydrogen) atoms. The molecule has 0 unspecified atom stereocenters. The van der Waals surface area contributed by atoms with Crippen LogP contribution in [-0.4, -0.2) is 66.4 Å². The molecule has 0 spiro atoms. The second kappa shape index (κ2) is 9.15. The standard InChI is InChI=1S/C13H19NO11/c1-5(15)20-4-8-9(24-25-13(14)19)10(21-6(2)16)11(12(18)23-8)22-7(3)17/h8-12,18H,4H2,1-3H3,(H2,14,19)/t8-,9-,10+,11+,12+/m1/s1. The van der Waals surface area contributed by atoms with Crippen molar-refractivity contribution in [2.45, 2.75) is 51.5 Å². The predicted octanol–water partition coefficient (Wildman–Crippen LogP) is -1.47. The highest BCUT2D eigenvalue weighted by Gasteiger charge is 2.51. The van der Waals surface area contributed by atoms with Gasteiger partial charge >= 0.3 is 24.0 Å². The van der Waals surface area contributed by atoms with E-state index in [1.807, 2.05) is 0 Å². The average Bonchev–Trinajstić information content (AvgIpc) is 2.46. The molecule has 12 nitrogen and oxygen atoms in total. The van der Waals surface area contributed by atoms with E-state index in [4.69, 9.17) is 29.6 Å². The Morgan fingerprint density at radius 3 is 2.00 bits per heavy atom. The second-order valence-electron chi connectivity index (χ2n) is 4.98. The molecule has 142 valence electrons. The Morgan fingerprint density at radius 1 is 0.960 bits per heavy atom. The summed E-state index contributed by atoms with van der Waals surface area (Å²) in [6.07, 6.45) is -8.62. The number of esters is 3. The minimum atomic E-state index is -1.73. The molecule has 0 radical (unpaired) electrons. The van der Waals surface area contributed by atoms with Gasteiger partial charge in [0.15, 0.2) is 24.6 Å². The van der Waals surface area contributed by atoms with Gasteiger partial charge in [-0.05, 0) is 0 Å². The van der Waals surface area contributed by atoms with Crippen LogP contribution < -0.4 is 5.73 Å². The average molecular weight is 365 g/mol. The van der Waals surface area contributed by atoms with Gasteiger partial charge < -0.3 is 29.8 Å². The highest BCUT2D eigenvalue weighted by atomic mass is 17.2. The third-order valence-electron chi connectivity index (χ3n) is 2.91. The van der Waals surface area contributed by atoms with Crippen LogP contribution >= 0.6 is 0 Å². The number of carbonyl (C=O) groups excluding carboxylic acids is 4. The summed E-state index contributed by atoms with van der Waals surface area (Å²) in [5.41, 5.74) is 4.81. The lowest BCUT2D eigenvalue weighted by Crippen LogP contribution is -2.62. The predicted molar refractivity (Wildman–Crippen MR) is 74.2 cm³/mol. The van der Waals surface area contributed by atoms with E-state index in [0.29, 0.717) is 0 Å². The molecular formula is C13H19NO11. The molecule has 0 aromatic carbocycles. The Bertz CT molecular complexity index is 522. The number of aliphatic hydroxyl groups excluding tert-OH is 1. The fourth-order valence-electron chi connectivity index (χ4n) is 2.09. The van der Waals surface area contributed by atoms with Crippen molar-refractivity contribution in [3.8, 4) is 0 Å². The molecule has 0 aromatic heterocycles. The first-order valence-electron chi connectivity index (χ1n) is 7.06. The summed E-state index contributed by atoms with van der Waals surface area (Å²) in [5.74, 6) is -2.29. The molecule has 1 fully saturated rings. The number of aliphatic hydroxyl groups is 1. The van der Waals surface area contributed by atoms with E-state index in [1.165, 1.54) is 0 Å². The number of nitrogens with two attached hydrogens (primary N) is 1. The van der Waals surface area contributed by atoms with E-state index >= 15 is 0 Å². The van der Waals surface area contributed by atoms with Gasteiger partial charge in [0.25, 0.3) is 0 Å². The van der Waals surface area contributed by atoms with Crippen molar-refractivity contribution in [3.63, 3.8) is 0 Å². The molecule has 1 saturated heterocycles. The van der Waals surface area contributed by atoms with E-state index in [9.17, 15) is 24.3 Å². The Hall–Kier alpha value is -2.44. The molecule has 5 atom stereocenters. The number of amides is 1. The number of hydrogen-bond acceptors (Lipinski definition) is 11. The largest absolute Gasteiger partial charge is 0.463 e. The topological polar surface area (TPSA) is 170 Å². The zero-order chi connectivity index (χ0) is 19.1. The number of carbonyl (C=O) groups is 4. The van der Waals surface area contributed by atoms with Crippen LogP contribution in [0.25, 0.3) is 0 Å². The zero-order valence-corrected chi connectivity index (χ0v) is 13.7. The van der Waals surface area contributed by atoms with Gasteiger partial charge in [-0.3, -0.25) is 19.3 Å². The summed E-state index contributed by atoms with van der Waals surface area (Å²) >= 11 is 0. The van der Waals surface area contributed by atoms with Gasteiger partial charge in [-0.2, -0.15) is 4.89 Å². The Morgan fingerprint density at radius 2 is 1.52 bits per heavy atom. The molecule has 1 aliphatic heterocycles. The molecule has 0 saturated carbocycles. The van der Waals surface area contributed by atoms with Crippen LogP contribution in [0.1, 0.15) is 20.8 Å². The maximum Gasteiger partial charge on any atom is 0.436 e. The summed E-state index contributed by atoms with van der Waals surface area (Å²) in [7, 11) is 0. The first-order chi connectivity index (χ1) is 11.6. The van der Waals surface area contributed by atoms with Crippen LogP contribution in [-0.2, 0) is 43.1 Å². The molecule has 1 heterocycles. The minimum absolute atomic E-state index is 0.441. The van der Waals surface area contributed by atoms with Crippen molar-refractivity contribution < 1.29 is 53.0 Å². The summed E-state index contributed by atoms with van der Waals surface area (Å²) < 4.78 is 19.8. The van der Waals surface area contributed by atoms with Crippen molar-refractivity contribution in [2.24, 2.45) is 5.73 Å². The zero-order valence-electron chi connectivity index (χ0n) is 13.7. The monoisotopic (exact) mass is 365 g/mol. The third-order valence-corrected chi connectivity index (χ3v) is 2.91. The van der Waals surface area contributed by atoms with Crippen LogP contribution in [0.15, 0.2) is 0 Å². The summed E-state index contributed by atoms with van der Waals surface area (Å²) in [6, 6.07) is 0. The lowest BCUT2D eigenvalue weighted by Gasteiger charge is -2.41. The van der Waals surface area contributed by atoms with E-state index in [0.717, 1.165) is 20.8 Å². The summed E-state index contributed by atoms with van der Waals surface area (Å²) in [4.78, 5) is 53.3. The number of primary amides is 1. The lowest BCUT2D eigenvalue weighted by molar-refractivity contribution is -0.366. The number of hydrogen-bond donors (Lipinski definition) is 2. The molecule has 1 rings (SSSR count). The fourth-order valence-corrected chi connectivity index (χ4v) is 2.09. The SMILES string of the molecule is CC(=O)OC[C@H]1O[C@H](O)[C@@H](OC(C)=O)[C@@H](OC(C)=O)[C@@H]1OOC(N)=O. The Kier molecular flexibility index (Phi) is 7.54. The fraction of sp³-hybridized carbons (Fsp3) is 0.692. The summed E-state index contributed by atoms with van der Waals surface area (Å²) in [5, 5.41) is 10.0. The first-order valence-corrected chi connectivity index (χ1v) is 7.06. The van der Waals surface area contributed by atoms with E-state index in [2.05, 4.69) is 4.89 Å². The van der Waals surface area contributed by atoms with Gasteiger partial charge in [-0.15, -0.1) is 0 Å². The van der Waals surface area contributed by atoms with Gasteiger partial charge in [0.05, 0.1) is 0 Å². The van der Waals surface area contributed by atoms with Gasteiger partial charge in [-0.1, -0.05) is 0 Å². The van der Waals surface area contributed by atoms with Crippen LogP contribution in [0.5, 0.6) is 0 Å². The Balaban J connectivity index is 3.09. The minimum Gasteiger partial charge on any atom is -0.463 e. The van der Waals surface area contributed by atoms with Gasteiger partial charge in [0.1, 0.15) is 12.7 Å². The highest BCUT2D eigenvalue weighted by Crippen LogP contribution is 2.28. The van der Waals surface area contributed by atoms with Crippen LogP contribution in [0.4, 0.5) is 4.79 Å². The van der Waals surface area contributed by atoms with Crippen LogP contribution in [0.3, 0.4) is 0 Å². The molecule has 0 aliphatic carbocycles. The maximum absolute atomic E-state index is 11.3. The highest BCUT2D eigenvalue weighted by molar-refractivity contribution is 5.67. The number of ether oxygens (including phenoxy) is 4. The molecule has 0 bridgehead atoms. The van der Waals surface area contributed by atoms with Gasteiger partial charge in [0.2, 0.25) is 0 Å². The smallest absolute Gasteiger partial charge is 0.436 e. The molecule has 3 N–H and O–H groups in total. The second-order valence-corrected chi connectivity index (χ2v) is 4.98. The lowest BCUT2D eigenvalue weighted by atomic mass is 9.98. The van der Waals surface area contributed by atoms with Gasteiger partial charge in [0, 0.05) is 20.8 Å². The van der Waals surface area contributed by atoms with Crippen molar-refractivity contribution in [3.05, 3.63) is 0 Å². The third kappa shape index (κ3) is 6.52. The number of rotatable bonds is 6. The van der Waals surface area contributed by atoms with Crippen molar-refractivity contribution >= 4 is 24.0 Å². The molecule has 0 aromatic rings. The molecule has 1 amide bonds. The van der Waals surface area contributed by atoms with Crippen LogP contribution in [0.2, 0.25) is 0 Å². The quantitative estimate of drug-likeness (QED) is 0.243. The maximum atomic E-state index is 11.3. The first kappa shape index (κ1) is 20.6. The molecule has 1 aliphatic rings. The van der Waals surface area contributed by atoms with Crippen LogP contribution in [0, 0.1) is 0 Å². The van der Waals surface area contributed by atoms with Gasteiger partial charge in [-0.25, -0.2) is 4.79 Å².